The van der Waals surface area contributed by atoms with E-state index in [1.54, 1.807) is 6.07 Å². The summed E-state index contributed by atoms with van der Waals surface area (Å²) < 4.78 is 21.1. The van der Waals surface area contributed by atoms with Crippen molar-refractivity contribution in [2.24, 2.45) is 5.10 Å². The van der Waals surface area contributed by atoms with Crippen LogP contribution in [0.1, 0.15) is 23.9 Å². The van der Waals surface area contributed by atoms with Crippen LogP contribution in [0.2, 0.25) is 0 Å². The van der Waals surface area contributed by atoms with E-state index in [-0.39, 0.29) is 5.69 Å². The van der Waals surface area contributed by atoms with Crippen LogP contribution < -0.4 is 15.5 Å². The highest BCUT2D eigenvalue weighted by atomic mass is 19.1. The number of aromatic nitrogens is 1. The first-order chi connectivity index (χ1) is 14.9. The van der Waals surface area contributed by atoms with E-state index >= 15 is 0 Å². The van der Waals surface area contributed by atoms with Gasteiger partial charge in [-0.2, -0.15) is 5.10 Å². The van der Waals surface area contributed by atoms with Crippen LogP contribution in [0.3, 0.4) is 0 Å². The summed E-state index contributed by atoms with van der Waals surface area (Å²) in [5.74, 6) is -1.84. The molecule has 0 fully saturated rings. The lowest BCUT2D eigenvalue weighted by Crippen LogP contribution is -2.32. The topological polar surface area (TPSA) is 84.7 Å². The van der Waals surface area contributed by atoms with Crippen molar-refractivity contribution in [1.82, 2.24) is 9.99 Å². The molecule has 0 aliphatic heterocycles. The van der Waals surface area contributed by atoms with Crippen LogP contribution in [0, 0.1) is 19.7 Å². The average Bonchev–Trinajstić information content (AvgIpc) is 3.03. The van der Waals surface area contributed by atoms with Crippen molar-refractivity contribution < 1.29 is 18.7 Å². The van der Waals surface area contributed by atoms with E-state index in [0.717, 1.165) is 28.4 Å². The molecular weight excluding hydrogens is 399 g/mol. The van der Waals surface area contributed by atoms with E-state index in [0.29, 0.717) is 6.61 Å². The van der Waals surface area contributed by atoms with E-state index < -0.39 is 17.6 Å². The molecule has 0 unspecified atom stereocenters. The predicted octanol–water partition coefficient (Wildman–Crippen LogP) is 3.72. The van der Waals surface area contributed by atoms with Crippen molar-refractivity contribution in [2.75, 3.05) is 11.9 Å². The first kappa shape index (κ1) is 21.8. The molecule has 0 aliphatic rings. The molecule has 0 saturated heterocycles. The smallest absolute Gasteiger partial charge is 0.329 e. The van der Waals surface area contributed by atoms with Crippen molar-refractivity contribution in [1.29, 1.82) is 0 Å². The Kier molecular flexibility index (Phi) is 6.81. The van der Waals surface area contributed by atoms with Gasteiger partial charge in [-0.05, 0) is 63.2 Å². The number of para-hydroxylation sites is 1. The molecule has 160 valence electrons. The van der Waals surface area contributed by atoms with Crippen LogP contribution in [0.4, 0.5) is 10.1 Å². The van der Waals surface area contributed by atoms with E-state index in [4.69, 9.17) is 4.74 Å². The molecule has 2 aromatic carbocycles. The number of carbonyl (C=O) groups is 2. The lowest BCUT2D eigenvalue weighted by molar-refractivity contribution is -0.136. The number of nitrogens with zero attached hydrogens (tertiary/aromatic N) is 2. The summed E-state index contributed by atoms with van der Waals surface area (Å²) in [6.07, 6.45) is 1.46. The number of rotatable bonds is 6. The Labute approximate surface area is 179 Å². The fourth-order valence-corrected chi connectivity index (χ4v) is 3.13. The van der Waals surface area contributed by atoms with Gasteiger partial charge in [-0.25, -0.2) is 9.82 Å². The zero-order valence-corrected chi connectivity index (χ0v) is 17.5. The van der Waals surface area contributed by atoms with Gasteiger partial charge >= 0.3 is 11.8 Å². The van der Waals surface area contributed by atoms with Gasteiger partial charge in [0, 0.05) is 22.6 Å². The lowest BCUT2D eigenvalue weighted by Gasteiger charge is -2.10. The Hall–Kier alpha value is -3.94. The van der Waals surface area contributed by atoms with Gasteiger partial charge in [-0.15, -0.1) is 0 Å². The van der Waals surface area contributed by atoms with Crippen LogP contribution in [0.15, 0.2) is 59.7 Å². The molecular formula is C23H23FN4O3. The number of aryl methyl sites for hydroxylation is 1. The number of benzene rings is 2. The quantitative estimate of drug-likeness (QED) is 0.361. The number of carbonyl (C=O) groups excluding carboxylic acids is 2. The summed E-state index contributed by atoms with van der Waals surface area (Å²) in [6.45, 7) is 6.42. The molecule has 31 heavy (non-hydrogen) atoms. The number of anilines is 1. The fraction of sp³-hybridized carbons (Fsp3) is 0.174. The Morgan fingerprint density at radius 1 is 1.10 bits per heavy atom. The molecule has 2 N–H and O–H groups in total. The molecule has 0 aliphatic carbocycles. The summed E-state index contributed by atoms with van der Waals surface area (Å²) in [5, 5.41) is 6.07. The Morgan fingerprint density at radius 2 is 1.81 bits per heavy atom. The number of halogens is 1. The Morgan fingerprint density at radius 3 is 2.48 bits per heavy atom. The van der Waals surface area contributed by atoms with E-state index in [1.165, 1.54) is 24.4 Å². The van der Waals surface area contributed by atoms with E-state index in [1.807, 2.05) is 55.7 Å². The maximum atomic E-state index is 13.6. The molecule has 1 heterocycles. The highest BCUT2D eigenvalue weighted by Gasteiger charge is 2.15. The van der Waals surface area contributed by atoms with Crippen molar-refractivity contribution in [3.8, 4) is 11.4 Å². The molecule has 0 radical (unpaired) electrons. The van der Waals surface area contributed by atoms with Crippen molar-refractivity contribution in [3.63, 3.8) is 0 Å². The highest BCUT2D eigenvalue weighted by molar-refractivity contribution is 6.39. The second-order valence-corrected chi connectivity index (χ2v) is 6.72. The van der Waals surface area contributed by atoms with Crippen molar-refractivity contribution >= 4 is 23.7 Å². The number of hydrogen-bond acceptors (Lipinski definition) is 4. The molecule has 8 heteroatoms. The third kappa shape index (κ3) is 5.16. The monoisotopic (exact) mass is 422 g/mol. The second kappa shape index (κ2) is 9.71. The van der Waals surface area contributed by atoms with E-state index in [2.05, 4.69) is 15.8 Å². The van der Waals surface area contributed by atoms with Gasteiger partial charge in [0.1, 0.15) is 11.6 Å². The molecule has 7 nitrogen and oxygen atoms in total. The third-order valence-electron chi connectivity index (χ3n) is 4.57. The van der Waals surface area contributed by atoms with Gasteiger partial charge in [0.15, 0.2) is 0 Å². The van der Waals surface area contributed by atoms with Crippen LogP contribution in [-0.4, -0.2) is 29.2 Å². The van der Waals surface area contributed by atoms with Crippen LogP contribution >= 0.6 is 0 Å². The predicted molar refractivity (Wildman–Crippen MR) is 117 cm³/mol. The molecule has 3 aromatic rings. The van der Waals surface area contributed by atoms with Gasteiger partial charge in [0.05, 0.1) is 18.5 Å². The zero-order valence-electron chi connectivity index (χ0n) is 17.5. The maximum Gasteiger partial charge on any atom is 0.329 e. The standard InChI is InChI=1S/C23H23FN4O3/c1-4-31-19-11-9-18(10-12-19)28-15(2)13-17(16(28)3)14-25-27-23(30)22(29)26-21-8-6-5-7-20(21)24/h5-14H,4H2,1-3H3,(H,26,29)(H,27,30)/b25-14-. The molecule has 0 spiro atoms. The van der Waals surface area contributed by atoms with Gasteiger partial charge in [0.2, 0.25) is 0 Å². The van der Waals surface area contributed by atoms with Gasteiger partial charge < -0.3 is 14.6 Å². The summed E-state index contributed by atoms with van der Waals surface area (Å²) in [4.78, 5) is 23.8. The summed E-state index contributed by atoms with van der Waals surface area (Å²) in [6, 6.07) is 15.2. The van der Waals surface area contributed by atoms with Crippen LogP contribution in [0.25, 0.3) is 5.69 Å². The van der Waals surface area contributed by atoms with Crippen LogP contribution in [0.5, 0.6) is 5.75 Å². The minimum Gasteiger partial charge on any atom is -0.494 e. The molecule has 0 bridgehead atoms. The fourth-order valence-electron chi connectivity index (χ4n) is 3.13. The Bertz CT molecular complexity index is 1120. The van der Waals surface area contributed by atoms with Crippen molar-refractivity contribution in [2.45, 2.75) is 20.8 Å². The van der Waals surface area contributed by atoms with Gasteiger partial charge in [-0.1, -0.05) is 12.1 Å². The van der Waals surface area contributed by atoms with E-state index in [9.17, 15) is 14.0 Å². The summed E-state index contributed by atoms with van der Waals surface area (Å²) in [5.41, 5.74) is 5.71. The number of hydrogen-bond donors (Lipinski definition) is 2. The van der Waals surface area contributed by atoms with Gasteiger partial charge in [0.25, 0.3) is 0 Å². The molecule has 0 atom stereocenters. The SMILES string of the molecule is CCOc1ccc(-n2c(C)cc(/C=N\NC(=O)C(=O)Nc3ccccc3F)c2C)cc1. The average molecular weight is 422 g/mol. The minimum absolute atomic E-state index is 0.0782. The second-order valence-electron chi connectivity index (χ2n) is 6.72. The normalized spacial score (nSPS) is 10.8. The summed E-state index contributed by atoms with van der Waals surface area (Å²) in [7, 11) is 0. The highest BCUT2D eigenvalue weighted by Crippen LogP contribution is 2.22. The lowest BCUT2D eigenvalue weighted by atomic mass is 10.2. The third-order valence-corrected chi connectivity index (χ3v) is 4.57. The number of hydrazone groups is 1. The Balaban J connectivity index is 1.67. The molecule has 2 amide bonds. The first-order valence-corrected chi connectivity index (χ1v) is 9.71. The number of nitrogens with one attached hydrogen (secondary N) is 2. The number of ether oxygens (including phenoxy) is 1. The van der Waals surface area contributed by atoms with Gasteiger partial charge in [-0.3, -0.25) is 9.59 Å². The maximum absolute atomic E-state index is 13.6. The largest absolute Gasteiger partial charge is 0.494 e. The zero-order chi connectivity index (χ0) is 22.4. The minimum atomic E-state index is -1.01. The van der Waals surface area contributed by atoms with Crippen molar-refractivity contribution in [3.05, 3.63) is 77.4 Å². The molecule has 1 aromatic heterocycles. The first-order valence-electron chi connectivity index (χ1n) is 9.71. The van der Waals surface area contributed by atoms with Crippen LogP contribution in [-0.2, 0) is 9.59 Å². The number of amides is 2. The molecule has 0 saturated carbocycles. The summed E-state index contributed by atoms with van der Waals surface area (Å²) >= 11 is 0. The molecule has 3 rings (SSSR count).